The molecule has 29 heavy (non-hydrogen) atoms. The lowest BCUT2D eigenvalue weighted by Crippen LogP contribution is -2.33. The summed E-state index contributed by atoms with van der Waals surface area (Å²) in [5.74, 6) is 1.90. The van der Waals surface area contributed by atoms with Crippen LogP contribution in [-0.4, -0.2) is 33.6 Å². The molecule has 0 aliphatic carbocycles. The molecule has 0 spiro atoms. The predicted octanol–water partition coefficient (Wildman–Crippen LogP) is 5.28. The highest BCUT2D eigenvalue weighted by molar-refractivity contribution is 7.26. The first kappa shape index (κ1) is 19.2. The van der Waals surface area contributed by atoms with Crippen LogP contribution in [0.2, 0.25) is 0 Å². The van der Waals surface area contributed by atoms with Gasteiger partial charge in [-0.05, 0) is 44.6 Å². The molecule has 3 aromatic rings. The molecule has 5 nitrogen and oxygen atoms in total. The van der Waals surface area contributed by atoms with Crippen LogP contribution < -0.4 is 4.90 Å². The molecule has 0 saturated carbocycles. The lowest BCUT2D eigenvalue weighted by atomic mass is 9.88. The van der Waals surface area contributed by atoms with Gasteiger partial charge in [0.2, 0.25) is 0 Å². The second-order valence-corrected chi connectivity index (χ2v) is 10.3. The Kier molecular flexibility index (Phi) is 4.74. The van der Waals surface area contributed by atoms with Gasteiger partial charge in [-0.2, -0.15) is 0 Å². The van der Waals surface area contributed by atoms with Crippen molar-refractivity contribution >= 4 is 37.6 Å². The minimum absolute atomic E-state index is 0.155. The average Bonchev–Trinajstić information content (AvgIpc) is 3.06. The molecule has 1 saturated heterocycles. The maximum atomic E-state index is 6.17. The molecule has 0 radical (unpaired) electrons. The van der Waals surface area contributed by atoms with E-state index in [2.05, 4.69) is 32.6 Å². The van der Waals surface area contributed by atoms with Gasteiger partial charge < -0.3 is 9.64 Å². The smallest absolute Gasteiger partial charge is 0.150 e. The summed E-state index contributed by atoms with van der Waals surface area (Å²) in [4.78, 5) is 18.2. The van der Waals surface area contributed by atoms with E-state index in [-0.39, 0.29) is 5.60 Å². The normalized spacial score (nSPS) is 19.8. The van der Waals surface area contributed by atoms with E-state index in [1.165, 1.54) is 39.7 Å². The van der Waals surface area contributed by atoms with Gasteiger partial charge in [-0.1, -0.05) is 20.3 Å². The summed E-state index contributed by atoms with van der Waals surface area (Å²) in [6, 6.07) is 0. The van der Waals surface area contributed by atoms with Crippen molar-refractivity contribution in [3.63, 3.8) is 0 Å². The third-order valence-corrected chi connectivity index (χ3v) is 7.53. The zero-order chi connectivity index (χ0) is 20.2. The molecular weight excluding hydrogens is 380 g/mol. The Balaban J connectivity index is 1.73. The van der Waals surface area contributed by atoms with Crippen molar-refractivity contribution in [2.24, 2.45) is 5.92 Å². The van der Waals surface area contributed by atoms with E-state index in [4.69, 9.17) is 19.7 Å². The maximum absolute atomic E-state index is 6.17. The molecule has 5 rings (SSSR count). The van der Waals surface area contributed by atoms with Crippen molar-refractivity contribution in [3.05, 3.63) is 23.1 Å². The molecule has 6 heteroatoms. The van der Waals surface area contributed by atoms with Crippen molar-refractivity contribution in [2.45, 2.75) is 72.0 Å². The molecule has 0 unspecified atom stereocenters. The van der Waals surface area contributed by atoms with Crippen molar-refractivity contribution in [2.75, 3.05) is 18.0 Å². The molecule has 0 atom stereocenters. The number of ether oxygens (including phenoxy) is 1. The van der Waals surface area contributed by atoms with Crippen LogP contribution >= 0.6 is 11.3 Å². The molecule has 2 aliphatic rings. The minimum atomic E-state index is -0.155. The Hall–Kier alpha value is -1.79. The number of pyridine rings is 1. The van der Waals surface area contributed by atoms with Crippen molar-refractivity contribution in [1.29, 1.82) is 0 Å². The molecule has 0 bridgehead atoms. The van der Waals surface area contributed by atoms with E-state index in [1.807, 2.05) is 0 Å². The topological polar surface area (TPSA) is 51.1 Å². The van der Waals surface area contributed by atoms with Gasteiger partial charge in [-0.25, -0.2) is 15.0 Å². The molecule has 5 heterocycles. The number of aryl methyl sites for hydroxylation is 1. The summed E-state index contributed by atoms with van der Waals surface area (Å²) in [6.45, 7) is 11.8. The monoisotopic (exact) mass is 410 g/mol. The van der Waals surface area contributed by atoms with E-state index in [0.717, 1.165) is 54.4 Å². The van der Waals surface area contributed by atoms with Crippen LogP contribution in [0, 0.1) is 5.92 Å². The number of nitrogens with zero attached hydrogens (tertiary/aromatic N) is 4. The number of rotatable bonds is 3. The van der Waals surface area contributed by atoms with Crippen LogP contribution in [0.1, 0.15) is 63.8 Å². The van der Waals surface area contributed by atoms with Crippen LogP contribution in [0.3, 0.4) is 0 Å². The predicted molar refractivity (Wildman–Crippen MR) is 120 cm³/mol. The molecule has 1 fully saturated rings. The minimum Gasteiger partial charge on any atom is -0.370 e. The highest BCUT2D eigenvalue weighted by Crippen LogP contribution is 2.43. The fourth-order valence-corrected chi connectivity index (χ4v) is 5.95. The SMILES string of the molecule is CCCc1nc2sc3c(N4CCC(C)CC4)ncnc3c2c2c1COC(C)(C)C2. The molecule has 3 aromatic heterocycles. The van der Waals surface area contributed by atoms with E-state index < -0.39 is 0 Å². The van der Waals surface area contributed by atoms with Gasteiger partial charge in [0.1, 0.15) is 17.0 Å². The number of fused-ring (bicyclic) bond motifs is 5. The average molecular weight is 411 g/mol. The van der Waals surface area contributed by atoms with Crippen LogP contribution in [0.15, 0.2) is 6.33 Å². The lowest BCUT2D eigenvalue weighted by Gasteiger charge is -2.33. The largest absolute Gasteiger partial charge is 0.370 e. The van der Waals surface area contributed by atoms with Crippen LogP contribution in [0.5, 0.6) is 0 Å². The summed E-state index contributed by atoms with van der Waals surface area (Å²) in [6.07, 6.45) is 7.21. The van der Waals surface area contributed by atoms with Gasteiger partial charge in [0.25, 0.3) is 0 Å². The Bertz CT molecular complexity index is 1070. The Morgan fingerprint density at radius 3 is 2.76 bits per heavy atom. The van der Waals surface area contributed by atoms with Crippen LogP contribution in [0.4, 0.5) is 5.82 Å². The standard InChI is InChI=1S/C23H30N4OS/c1-5-6-17-16-12-28-23(3,4)11-15(16)18-19-20(29-22(18)26-17)21(25-13-24-19)27-9-7-14(2)8-10-27/h13-14H,5-12H2,1-4H3. The number of hydrogen-bond acceptors (Lipinski definition) is 6. The summed E-state index contributed by atoms with van der Waals surface area (Å²) in [5, 5.41) is 1.24. The first-order valence-corrected chi connectivity index (χ1v) is 11.7. The van der Waals surface area contributed by atoms with Crippen LogP contribution in [-0.2, 0) is 24.2 Å². The van der Waals surface area contributed by atoms with Crippen LogP contribution in [0.25, 0.3) is 20.4 Å². The summed E-state index contributed by atoms with van der Waals surface area (Å²) >= 11 is 1.78. The first-order chi connectivity index (χ1) is 14.0. The quantitative estimate of drug-likeness (QED) is 0.588. The van der Waals surface area contributed by atoms with Crippen molar-refractivity contribution in [3.8, 4) is 0 Å². The van der Waals surface area contributed by atoms with E-state index in [0.29, 0.717) is 6.61 Å². The summed E-state index contributed by atoms with van der Waals surface area (Å²) in [5.41, 5.74) is 4.83. The summed E-state index contributed by atoms with van der Waals surface area (Å²) < 4.78 is 7.37. The third-order valence-electron chi connectivity index (χ3n) is 6.47. The highest BCUT2D eigenvalue weighted by Gasteiger charge is 2.32. The fraction of sp³-hybridized carbons (Fsp3) is 0.609. The second-order valence-electron chi connectivity index (χ2n) is 9.32. The van der Waals surface area contributed by atoms with Gasteiger partial charge in [0.15, 0.2) is 0 Å². The molecule has 154 valence electrons. The summed E-state index contributed by atoms with van der Waals surface area (Å²) in [7, 11) is 0. The number of aromatic nitrogens is 3. The highest BCUT2D eigenvalue weighted by atomic mass is 32.1. The Morgan fingerprint density at radius 1 is 1.21 bits per heavy atom. The van der Waals surface area contributed by atoms with Crippen molar-refractivity contribution in [1.82, 2.24) is 15.0 Å². The number of hydrogen-bond donors (Lipinski definition) is 0. The Labute approximate surface area is 176 Å². The molecule has 0 aromatic carbocycles. The van der Waals surface area contributed by atoms with Gasteiger partial charge in [0, 0.05) is 36.2 Å². The molecule has 0 N–H and O–H groups in total. The van der Waals surface area contributed by atoms with Gasteiger partial charge in [-0.15, -0.1) is 11.3 Å². The zero-order valence-corrected chi connectivity index (χ0v) is 18.7. The van der Waals surface area contributed by atoms with E-state index in [1.54, 1.807) is 17.7 Å². The van der Waals surface area contributed by atoms with E-state index in [9.17, 15) is 0 Å². The van der Waals surface area contributed by atoms with Crippen molar-refractivity contribution < 1.29 is 4.74 Å². The zero-order valence-electron chi connectivity index (χ0n) is 17.9. The number of piperidine rings is 1. The second kappa shape index (κ2) is 7.17. The fourth-order valence-electron chi connectivity index (χ4n) is 4.75. The lowest BCUT2D eigenvalue weighted by molar-refractivity contribution is -0.0401. The van der Waals surface area contributed by atoms with Gasteiger partial charge >= 0.3 is 0 Å². The maximum Gasteiger partial charge on any atom is 0.150 e. The molecular formula is C23H30N4OS. The van der Waals surface area contributed by atoms with E-state index >= 15 is 0 Å². The van der Waals surface area contributed by atoms with Gasteiger partial charge in [0.05, 0.1) is 22.4 Å². The molecule has 2 aliphatic heterocycles. The number of thiophene rings is 1. The number of anilines is 1. The Morgan fingerprint density at radius 2 is 2.00 bits per heavy atom. The third kappa shape index (κ3) is 3.30. The first-order valence-electron chi connectivity index (χ1n) is 10.9. The molecule has 0 amide bonds. The van der Waals surface area contributed by atoms with Gasteiger partial charge in [-0.3, -0.25) is 0 Å².